The van der Waals surface area contributed by atoms with Gasteiger partial charge in [-0.2, -0.15) is 4.98 Å². The molecule has 2 amide bonds. The molecule has 0 unspecified atom stereocenters. The van der Waals surface area contributed by atoms with Crippen LogP contribution in [0, 0.1) is 11.8 Å². The number of fused-ring (bicyclic) bond motifs is 1. The van der Waals surface area contributed by atoms with Crippen molar-refractivity contribution in [3.05, 3.63) is 35.5 Å². The highest BCUT2D eigenvalue weighted by molar-refractivity contribution is 7.13. The molecule has 2 fully saturated rings. The van der Waals surface area contributed by atoms with Gasteiger partial charge in [-0.25, -0.2) is 0 Å². The molecule has 2 bridgehead atoms. The summed E-state index contributed by atoms with van der Waals surface area (Å²) >= 11 is 1.50. The summed E-state index contributed by atoms with van der Waals surface area (Å²) < 4.78 is 11.2. The number of carbonyl (C=O) groups is 2. The maximum atomic E-state index is 12.8. The molecular weight excluding hydrogens is 356 g/mol. The normalized spacial score (nSPS) is 31.7. The molecule has 4 atom stereocenters. The molecule has 2 aromatic rings. The van der Waals surface area contributed by atoms with E-state index in [1.165, 1.54) is 11.3 Å². The van der Waals surface area contributed by atoms with Crippen LogP contribution >= 0.6 is 11.3 Å². The van der Waals surface area contributed by atoms with Gasteiger partial charge < -0.3 is 19.5 Å². The SMILES string of the molecule is CN1C[C@]23C=C[C@H](O2)[C@H](C(=O)NCc2noc(-c4cccs4)n2)[C@@H]3C1=O. The smallest absolute Gasteiger partial charge is 0.268 e. The summed E-state index contributed by atoms with van der Waals surface area (Å²) in [5.74, 6) is -0.433. The third kappa shape index (κ3) is 2.17. The van der Waals surface area contributed by atoms with E-state index < -0.39 is 17.4 Å². The zero-order valence-corrected chi connectivity index (χ0v) is 14.7. The molecule has 1 N–H and O–H groups in total. The fourth-order valence-electron chi connectivity index (χ4n) is 4.10. The average molecular weight is 372 g/mol. The van der Waals surface area contributed by atoms with Crippen LogP contribution in [0.5, 0.6) is 0 Å². The number of likely N-dealkylation sites (tertiary alicyclic amines) is 1. The van der Waals surface area contributed by atoms with Crippen LogP contribution in [-0.4, -0.2) is 52.2 Å². The second-order valence-electron chi connectivity index (χ2n) is 6.81. The Labute approximate surface area is 152 Å². The first-order chi connectivity index (χ1) is 12.6. The van der Waals surface area contributed by atoms with Gasteiger partial charge in [-0.15, -0.1) is 11.3 Å². The van der Waals surface area contributed by atoms with Crippen LogP contribution in [0.15, 0.2) is 34.2 Å². The van der Waals surface area contributed by atoms with Gasteiger partial charge in [0.1, 0.15) is 5.60 Å². The molecule has 0 saturated carbocycles. The number of likely N-dealkylation sites (N-methyl/N-ethyl adjacent to an activating group) is 1. The molecule has 134 valence electrons. The van der Waals surface area contributed by atoms with Crippen LogP contribution < -0.4 is 5.32 Å². The van der Waals surface area contributed by atoms with Crippen molar-refractivity contribution in [3.63, 3.8) is 0 Å². The van der Waals surface area contributed by atoms with Gasteiger partial charge >= 0.3 is 0 Å². The highest BCUT2D eigenvalue weighted by atomic mass is 32.1. The number of hydrogen-bond donors (Lipinski definition) is 1. The Morgan fingerprint density at radius 2 is 2.42 bits per heavy atom. The Balaban J connectivity index is 1.29. The number of hydrogen-bond acceptors (Lipinski definition) is 7. The summed E-state index contributed by atoms with van der Waals surface area (Å²) in [4.78, 5) is 32.0. The number of aromatic nitrogens is 2. The number of thiophene rings is 1. The highest BCUT2D eigenvalue weighted by Gasteiger charge is 2.66. The van der Waals surface area contributed by atoms with E-state index in [4.69, 9.17) is 9.26 Å². The van der Waals surface area contributed by atoms with E-state index in [1.54, 1.807) is 11.9 Å². The van der Waals surface area contributed by atoms with Crippen LogP contribution in [0.4, 0.5) is 0 Å². The molecule has 5 rings (SSSR count). The zero-order valence-electron chi connectivity index (χ0n) is 13.9. The van der Waals surface area contributed by atoms with Crippen molar-refractivity contribution in [2.45, 2.75) is 18.2 Å². The van der Waals surface area contributed by atoms with Gasteiger partial charge in [-0.1, -0.05) is 23.4 Å². The van der Waals surface area contributed by atoms with Gasteiger partial charge in [0.05, 0.1) is 35.9 Å². The third-order valence-electron chi connectivity index (χ3n) is 5.21. The van der Waals surface area contributed by atoms with E-state index >= 15 is 0 Å². The minimum atomic E-state index is -0.656. The van der Waals surface area contributed by atoms with Crippen LogP contribution in [0.1, 0.15) is 5.82 Å². The van der Waals surface area contributed by atoms with Crippen LogP contribution in [0.25, 0.3) is 10.8 Å². The first-order valence-electron chi connectivity index (χ1n) is 8.34. The van der Waals surface area contributed by atoms with E-state index in [2.05, 4.69) is 15.5 Å². The molecule has 3 aliphatic rings. The quantitative estimate of drug-likeness (QED) is 0.799. The summed E-state index contributed by atoms with van der Waals surface area (Å²) in [5, 5.41) is 8.65. The fraction of sp³-hybridized carbons (Fsp3) is 0.412. The number of amides is 2. The van der Waals surface area contributed by atoms with Crippen molar-refractivity contribution in [1.29, 1.82) is 0 Å². The lowest BCUT2D eigenvalue weighted by Gasteiger charge is -2.23. The largest absolute Gasteiger partial charge is 0.360 e. The van der Waals surface area contributed by atoms with E-state index in [-0.39, 0.29) is 24.5 Å². The number of nitrogens with zero attached hydrogens (tertiary/aromatic N) is 3. The molecule has 3 aliphatic heterocycles. The van der Waals surface area contributed by atoms with Crippen LogP contribution in [0.2, 0.25) is 0 Å². The van der Waals surface area contributed by atoms with Crippen LogP contribution in [-0.2, 0) is 20.9 Å². The highest BCUT2D eigenvalue weighted by Crippen LogP contribution is 2.51. The molecule has 0 aromatic carbocycles. The molecule has 0 aliphatic carbocycles. The van der Waals surface area contributed by atoms with Crippen LogP contribution in [0.3, 0.4) is 0 Å². The molecule has 26 heavy (non-hydrogen) atoms. The molecule has 5 heterocycles. The lowest BCUT2D eigenvalue weighted by molar-refractivity contribution is -0.136. The molecule has 2 saturated heterocycles. The van der Waals surface area contributed by atoms with Crippen molar-refractivity contribution in [2.24, 2.45) is 11.8 Å². The van der Waals surface area contributed by atoms with Crippen molar-refractivity contribution >= 4 is 23.2 Å². The predicted octanol–water partition coefficient (Wildman–Crippen LogP) is 0.826. The maximum Gasteiger partial charge on any atom is 0.268 e. The average Bonchev–Trinajstić information content (AvgIpc) is 3.41. The van der Waals surface area contributed by atoms with Gasteiger partial charge in [-0.3, -0.25) is 9.59 Å². The predicted molar refractivity (Wildman–Crippen MR) is 90.8 cm³/mol. The number of carbonyl (C=O) groups excluding carboxylic acids is 2. The van der Waals surface area contributed by atoms with Gasteiger partial charge in [0.25, 0.3) is 5.89 Å². The lowest BCUT2D eigenvalue weighted by Crippen LogP contribution is -2.43. The Hall–Kier alpha value is -2.52. The summed E-state index contributed by atoms with van der Waals surface area (Å²) in [5.41, 5.74) is -0.656. The lowest BCUT2D eigenvalue weighted by atomic mass is 9.77. The van der Waals surface area contributed by atoms with Gasteiger partial charge in [0, 0.05) is 7.05 Å². The zero-order chi connectivity index (χ0) is 17.9. The first-order valence-corrected chi connectivity index (χ1v) is 9.22. The minimum absolute atomic E-state index is 0.0449. The Morgan fingerprint density at radius 1 is 1.54 bits per heavy atom. The minimum Gasteiger partial charge on any atom is -0.360 e. The van der Waals surface area contributed by atoms with Gasteiger partial charge in [0.2, 0.25) is 11.8 Å². The maximum absolute atomic E-state index is 12.8. The number of rotatable bonds is 4. The molecule has 2 aromatic heterocycles. The fourth-order valence-corrected chi connectivity index (χ4v) is 4.75. The number of nitrogens with one attached hydrogen (secondary N) is 1. The Kier molecular flexibility index (Phi) is 3.32. The molecular formula is C17H16N4O4S. The molecule has 1 spiro atoms. The second-order valence-corrected chi connectivity index (χ2v) is 7.75. The van der Waals surface area contributed by atoms with Crippen molar-refractivity contribution in [1.82, 2.24) is 20.4 Å². The summed E-state index contributed by atoms with van der Waals surface area (Å²) in [7, 11) is 1.74. The van der Waals surface area contributed by atoms with Crippen molar-refractivity contribution in [2.75, 3.05) is 13.6 Å². The summed E-state index contributed by atoms with van der Waals surface area (Å²) in [6.07, 6.45) is 3.46. The summed E-state index contributed by atoms with van der Waals surface area (Å²) in [6, 6.07) is 3.79. The molecule has 0 radical (unpaired) electrons. The van der Waals surface area contributed by atoms with Crippen molar-refractivity contribution in [3.8, 4) is 10.8 Å². The van der Waals surface area contributed by atoms with E-state index in [0.29, 0.717) is 18.3 Å². The van der Waals surface area contributed by atoms with E-state index in [1.807, 2.05) is 29.7 Å². The number of ether oxygens (including phenoxy) is 1. The molecule has 9 heteroatoms. The van der Waals surface area contributed by atoms with Crippen molar-refractivity contribution < 1.29 is 18.8 Å². The van der Waals surface area contributed by atoms with Gasteiger partial charge in [-0.05, 0) is 11.4 Å². The Morgan fingerprint density at radius 3 is 3.23 bits per heavy atom. The standard InChI is InChI=1S/C17H16N4O4S/c1-21-8-17-5-4-9(24-17)12(13(17)16(21)23)14(22)18-7-11-19-15(25-20-11)10-3-2-6-26-10/h2-6,9,12-13H,7-8H2,1H3,(H,18,22)/t9-,12-,13+,17-/m0/s1. The van der Waals surface area contributed by atoms with E-state index in [9.17, 15) is 9.59 Å². The molecule has 8 nitrogen and oxygen atoms in total. The third-order valence-corrected chi connectivity index (χ3v) is 6.07. The second kappa shape index (κ2) is 5.49. The topological polar surface area (TPSA) is 97.6 Å². The summed E-state index contributed by atoms with van der Waals surface area (Å²) in [6.45, 7) is 0.632. The first kappa shape index (κ1) is 15.7. The van der Waals surface area contributed by atoms with Gasteiger partial charge in [0.15, 0.2) is 5.82 Å². The monoisotopic (exact) mass is 372 g/mol. The van der Waals surface area contributed by atoms with E-state index in [0.717, 1.165) is 4.88 Å². The Bertz CT molecular complexity index is 908.